The summed E-state index contributed by atoms with van der Waals surface area (Å²) in [5.41, 5.74) is 4.10. The van der Waals surface area contributed by atoms with Gasteiger partial charge in [-0.05, 0) is 42.9 Å². The molecule has 3 aliphatic rings. The van der Waals surface area contributed by atoms with Gasteiger partial charge in [-0.15, -0.1) is 0 Å². The molecule has 2 aromatic rings. The van der Waals surface area contributed by atoms with Crippen molar-refractivity contribution in [3.8, 4) is 11.5 Å². The van der Waals surface area contributed by atoms with Crippen LogP contribution in [0.15, 0.2) is 36.4 Å². The number of hydrogen-bond acceptors (Lipinski definition) is 6. The third-order valence-electron chi connectivity index (χ3n) is 6.86. The molecule has 0 aromatic heterocycles. The van der Waals surface area contributed by atoms with Gasteiger partial charge in [-0.3, -0.25) is 9.59 Å². The first-order valence-corrected chi connectivity index (χ1v) is 11.4. The molecule has 0 bridgehead atoms. The summed E-state index contributed by atoms with van der Waals surface area (Å²) in [6, 6.07) is 11.8. The minimum Gasteiger partial charge on any atom is -0.492 e. The predicted octanol–water partition coefficient (Wildman–Crippen LogP) is 4.40. The first-order valence-electron chi connectivity index (χ1n) is 11.4. The molecule has 168 valence electrons. The van der Waals surface area contributed by atoms with E-state index >= 15 is 0 Å². The smallest absolute Gasteiger partial charge is 0.306 e. The third-order valence-corrected chi connectivity index (χ3v) is 6.86. The molecule has 1 saturated heterocycles. The number of rotatable bonds is 6. The lowest BCUT2D eigenvalue weighted by molar-refractivity contribution is -0.141. The number of methoxy groups -OCH3 is 1. The molecular formula is C26H28O6. The number of carbonyl (C=O) groups excluding carboxylic acids is 2. The van der Waals surface area contributed by atoms with Gasteiger partial charge in [0.05, 0.1) is 20.1 Å². The molecule has 5 rings (SSSR count). The molecule has 1 fully saturated rings. The van der Waals surface area contributed by atoms with Gasteiger partial charge < -0.3 is 18.9 Å². The zero-order chi connectivity index (χ0) is 22.1. The van der Waals surface area contributed by atoms with Crippen LogP contribution < -0.4 is 9.47 Å². The first kappa shape index (κ1) is 21.0. The molecule has 6 heteroatoms. The summed E-state index contributed by atoms with van der Waals surface area (Å²) in [6.07, 6.45) is 3.51. The van der Waals surface area contributed by atoms with Gasteiger partial charge in [0.25, 0.3) is 0 Å². The van der Waals surface area contributed by atoms with Crippen LogP contribution >= 0.6 is 0 Å². The van der Waals surface area contributed by atoms with E-state index in [-0.39, 0.29) is 29.7 Å². The van der Waals surface area contributed by atoms with Gasteiger partial charge in [-0.2, -0.15) is 0 Å². The molecule has 6 nitrogen and oxygen atoms in total. The van der Waals surface area contributed by atoms with Crippen LogP contribution in [0.4, 0.5) is 0 Å². The Kier molecular flexibility index (Phi) is 5.87. The fourth-order valence-electron chi connectivity index (χ4n) is 5.10. The summed E-state index contributed by atoms with van der Waals surface area (Å²) in [6.45, 7) is 1.80. The molecule has 0 amide bonds. The van der Waals surface area contributed by atoms with E-state index in [1.54, 1.807) is 0 Å². The maximum Gasteiger partial charge on any atom is 0.306 e. The van der Waals surface area contributed by atoms with Gasteiger partial charge >= 0.3 is 5.97 Å². The number of carbonyl (C=O) groups is 2. The van der Waals surface area contributed by atoms with Gasteiger partial charge in [0, 0.05) is 42.2 Å². The highest BCUT2D eigenvalue weighted by molar-refractivity contribution is 5.99. The number of fused-ring (bicyclic) bond motifs is 2. The van der Waals surface area contributed by atoms with Gasteiger partial charge in [-0.25, -0.2) is 0 Å². The highest BCUT2D eigenvalue weighted by atomic mass is 16.5. The predicted molar refractivity (Wildman–Crippen MR) is 117 cm³/mol. The lowest BCUT2D eigenvalue weighted by atomic mass is 9.88. The highest BCUT2D eigenvalue weighted by Gasteiger charge is 2.32. The topological polar surface area (TPSA) is 71.1 Å². The Balaban J connectivity index is 1.32. The standard InChI is InChI=1S/C26H28O6/c1-29-25(27)13-17-15-31-24-14-18(5-6-19(17)24)32-23-8-7-20-21(23)3-2-4-22(20)26(28)16-9-11-30-12-10-16/h2-6,14,16-17,23H,7-13,15H2,1H3/t17-,23-/m1/s1. The number of benzene rings is 2. The van der Waals surface area contributed by atoms with E-state index < -0.39 is 0 Å². The summed E-state index contributed by atoms with van der Waals surface area (Å²) < 4.78 is 22.4. The van der Waals surface area contributed by atoms with Crippen molar-refractivity contribution in [1.82, 2.24) is 0 Å². The number of esters is 1. The fourth-order valence-corrected chi connectivity index (χ4v) is 5.10. The third kappa shape index (κ3) is 3.99. The van der Waals surface area contributed by atoms with Crippen molar-refractivity contribution in [2.45, 2.75) is 44.1 Å². The average molecular weight is 437 g/mol. The summed E-state index contributed by atoms with van der Waals surface area (Å²) in [5, 5.41) is 0. The van der Waals surface area contributed by atoms with E-state index in [1.165, 1.54) is 7.11 Å². The molecule has 0 radical (unpaired) electrons. The lowest BCUT2D eigenvalue weighted by Gasteiger charge is -2.22. The van der Waals surface area contributed by atoms with Crippen molar-refractivity contribution in [2.75, 3.05) is 26.9 Å². The second kappa shape index (κ2) is 8.94. The van der Waals surface area contributed by atoms with Gasteiger partial charge in [-0.1, -0.05) is 24.3 Å². The molecule has 0 unspecified atom stereocenters. The van der Waals surface area contributed by atoms with E-state index in [0.29, 0.717) is 26.2 Å². The summed E-state index contributed by atoms with van der Waals surface area (Å²) in [5.74, 6) is 1.58. The van der Waals surface area contributed by atoms with Crippen molar-refractivity contribution in [1.29, 1.82) is 0 Å². The Bertz CT molecular complexity index is 1020. The SMILES string of the molecule is COC(=O)C[C@@H]1COc2cc(O[C@@H]3CCc4c(C(=O)C5CCOCC5)cccc43)ccc21. The highest BCUT2D eigenvalue weighted by Crippen LogP contribution is 2.42. The Hall–Kier alpha value is -2.86. The number of Topliss-reactive ketones (excluding diaryl/α,β-unsaturated/α-hetero) is 1. The largest absolute Gasteiger partial charge is 0.492 e. The number of hydrogen-bond donors (Lipinski definition) is 0. The molecular weight excluding hydrogens is 408 g/mol. The minimum absolute atomic E-state index is 0.0115. The molecule has 0 saturated carbocycles. The molecule has 0 N–H and O–H groups in total. The van der Waals surface area contributed by atoms with Crippen LogP contribution in [0.3, 0.4) is 0 Å². The van der Waals surface area contributed by atoms with Crippen molar-refractivity contribution < 1.29 is 28.5 Å². The molecule has 0 spiro atoms. The van der Waals surface area contributed by atoms with E-state index in [4.69, 9.17) is 18.9 Å². The molecule has 2 heterocycles. The van der Waals surface area contributed by atoms with Crippen LogP contribution in [-0.4, -0.2) is 38.7 Å². The van der Waals surface area contributed by atoms with Crippen LogP contribution in [0, 0.1) is 5.92 Å². The van der Waals surface area contributed by atoms with Crippen LogP contribution in [0.25, 0.3) is 0 Å². The van der Waals surface area contributed by atoms with E-state index in [9.17, 15) is 9.59 Å². The normalized spacial score (nSPS) is 22.0. The zero-order valence-electron chi connectivity index (χ0n) is 18.3. The second-order valence-electron chi connectivity index (χ2n) is 8.76. The summed E-state index contributed by atoms with van der Waals surface area (Å²) in [4.78, 5) is 24.8. The van der Waals surface area contributed by atoms with Crippen molar-refractivity contribution in [3.63, 3.8) is 0 Å². The Morgan fingerprint density at radius 2 is 1.91 bits per heavy atom. The molecule has 2 aromatic carbocycles. The van der Waals surface area contributed by atoms with Crippen LogP contribution in [0.1, 0.15) is 64.8 Å². The molecule has 1 aliphatic carbocycles. The van der Waals surface area contributed by atoms with Crippen LogP contribution in [-0.2, 0) is 20.7 Å². The van der Waals surface area contributed by atoms with Crippen LogP contribution in [0.2, 0.25) is 0 Å². The maximum absolute atomic E-state index is 13.1. The molecule has 2 atom stereocenters. The lowest BCUT2D eigenvalue weighted by Crippen LogP contribution is -2.24. The van der Waals surface area contributed by atoms with Gasteiger partial charge in [0.1, 0.15) is 17.6 Å². The number of ketones is 1. The Labute approximate surface area is 187 Å². The molecule has 2 aliphatic heterocycles. The van der Waals surface area contributed by atoms with E-state index in [2.05, 4.69) is 6.07 Å². The van der Waals surface area contributed by atoms with Gasteiger partial charge in [0.15, 0.2) is 5.78 Å². The van der Waals surface area contributed by atoms with E-state index in [0.717, 1.165) is 59.4 Å². The van der Waals surface area contributed by atoms with Crippen molar-refractivity contribution in [3.05, 3.63) is 58.7 Å². The van der Waals surface area contributed by atoms with Crippen molar-refractivity contribution in [2.24, 2.45) is 5.92 Å². The summed E-state index contributed by atoms with van der Waals surface area (Å²) in [7, 11) is 1.40. The molecule has 32 heavy (non-hydrogen) atoms. The van der Waals surface area contributed by atoms with Crippen molar-refractivity contribution >= 4 is 11.8 Å². The average Bonchev–Trinajstić information content (AvgIpc) is 3.43. The first-order chi connectivity index (χ1) is 15.6. The monoisotopic (exact) mass is 436 g/mol. The second-order valence-corrected chi connectivity index (χ2v) is 8.76. The Morgan fingerprint density at radius 1 is 1.06 bits per heavy atom. The zero-order valence-corrected chi connectivity index (χ0v) is 18.3. The van der Waals surface area contributed by atoms with E-state index in [1.807, 2.05) is 30.3 Å². The summed E-state index contributed by atoms with van der Waals surface area (Å²) >= 11 is 0. The van der Waals surface area contributed by atoms with Gasteiger partial charge in [0.2, 0.25) is 0 Å². The quantitative estimate of drug-likeness (QED) is 0.494. The Morgan fingerprint density at radius 3 is 2.72 bits per heavy atom. The maximum atomic E-state index is 13.1. The fraction of sp³-hybridized carbons (Fsp3) is 0.462. The number of ether oxygens (including phenoxy) is 4. The minimum atomic E-state index is -0.236. The van der Waals surface area contributed by atoms with Crippen LogP contribution in [0.5, 0.6) is 11.5 Å².